The van der Waals surface area contributed by atoms with Crippen molar-refractivity contribution < 1.29 is 36.2 Å². The van der Waals surface area contributed by atoms with Gasteiger partial charge in [0.25, 0.3) is 0 Å². The van der Waals surface area contributed by atoms with E-state index < -0.39 is 37.3 Å². The smallest absolute Gasteiger partial charge is 0.213 e. The van der Waals surface area contributed by atoms with Gasteiger partial charge in [0.15, 0.2) is 31.3 Å². The van der Waals surface area contributed by atoms with E-state index in [4.69, 9.17) is 19.5 Å². The molecule has 0 spiro atoms. The molecule has 4 aromatic rings. The third kappa shape index (κ3) is 6.35. The van der Waals surface area contributed by atoms with Crippen LogP contribution in [0.3, 0.4) is 0 Å². The molecular weight excluding hydrogens is 586 g/mol. The lowest BCUT2D eigenvalue weighted by atomic mass is 10.1. The maximum atomic E-state index is 13.5. The van der Waals surface area contributed by atoms with Crippen molar-refractivity contribution in [2.75, 3.05) is 33.3 Å². The zero-order valence-corrected chi connectivity index (χ0v) is 24.7. The molecule has 0 fully saturated rings. The average Bonchev–Trinajstić information content (AvgIpc) is 3.37. The minimum atomic E-state index is -4.17. The van der Waals surface area contributed by atoms with Gasteiger partial charge in [-0.1, -0.05) is 18.2 Å². The second kappa shape index (κ2) is 12.1. The number of benzene rings is 2. The molecule has 15 heteroatoms. The quantitative estimate of drug-likeness (QED) is 0.261. The fourth-order valence-corrected chi connectivity index (χ4v) is 6.63. The molecule has 1 atom stereocenters. The molecular formula is C27H27N5O8S2. The summed E-state index contributed by atoms with van der Waals surface area (Å²) in [5, 5.41) is 28.4. The van der Waals surface area contributed by atoms with Crippen LogP contribution in [0.1, 0.15) is 23.1 Å². The van der Waals surface area contributed by atoms with E-state index in [1.807, 2.05) is 6.07 Å². The maximum absolute atomic E-state index is 13.5. The van der Waals surface area contributed by atoms with E-state index in [9.17, 15) is 21.9 Å². The summed E-state index contributed by atoms with van der Waals surface area (Å²) in [5.74, 6) is -0.492. The lowest BCUT2D eigenvalue weighted by Gasteiger charge is -2.18. The minimum Gasteiger partial charge on any atom is -0.494 e. The fourth-order valence-electron chi connectivity index (χ4n) is 4.30. The zero-order chi connectivity index (χ0) is 30.7. The number of sulfone groups is 2. The van der Waals surface area contributed by atoms with Gasteiger partial charge < -0.3 is 19.3 Å². The standard InChI is InChI=1S/C27H27N5O8S2/c1-38-21-8-6-9-22(39-2)26(21)32-24(30-31-27(32)19-7-5-10-25(29-19)40-3)16-42(36,37)15-20(33)18-12-11-17(14-28)13-23(18)41(4,34)35/h5-13,20,33H,15-16H2,1-4H3/t20-/m0/s1. The van der Waals surface area contributed by atoms with Crippen LogP contribution in [0.5, 0.6) is 17.4 Å². The van der Waals surface area contributed by atoms with Gasteiger partial charge in [-0.2, -0.15) is 5.26 Å². The van der Waals surface area contributed by atoms with Crippen LogP contribution in [-0.4, -0.2) is 75.0 Å². The normalized spacial score (nSPS) is 12.4. The van der Waals surface area contributed by atoms with E-state index in [1.54, 1.807) is 36.4 Å². The van der Waals surface area contributed by atoms with Crippen molar-refractivity contribution in [1.82, 2.24) is 19.7 Å². The first kappa shape index (κ1) is 30.4. The van der Waals surface area contributed by atoms with E-state index in [0.717, 1.165) is 12.3 Å². The number of ether oxygens (including phenoxy) is 3. The SMILES string of the molecule is COc1cccc(-c2nnc(CS(=O)(=O)C[C@H](O)c3ccc(C#N)cc3S(C)(=O)=O)n2-c2c(OC)cccc2OC)n1. The number of hydrogen-bond donors (Lipinski definition) is 1. The molecule has 1 N–H and O–H groups in total. The van der Waals surface area contributed by atoms with Crippen molar-refractivity contribution in [1.29, 1.82) is 5.26 Å². The summed E-state index contributed by atoms with van der Waals surface area (Å²) >= 11 is 0. The Balaban J connectivity index is 1.81. The predicted molar refractivity (Wildman–Crippen MR) is 151 cm³/mol. The van der Waals surface area contributed by atoms with Crippen LogP contribution in [0.2, 0.25) is 0 Å². The Morgan fingerprint density at radius 3 is 2.21 bits per heavy atom. The van der Waals surface area contributed by atoms with Crippen molar-refractivity contribution in [3.8, 4) is 40.7 Å². The van der Waals surface area contributed by atoms with Gasteiger partial charge in [-0.05, 0) is 30.3 Å². The summed E-state index contributed by atoms with van der Waals surface area (Å²) in [4.78, 5) is 4.07. The number of aliphatic hydroxyl groups excluding tert-OH is 1. The van der Waals surface area contributed by atoms with Gasteiger partial charge in [0.05, 0.1) is 49.7 Å². The molecule has 2 aromatic heterocycles. The van der Waals surface area contributed by atoms with E-state index in [1.165, 1.54) is 38.0 Å². The molecule has 4 rings (SSSR count). The van der Waals surface area contributed by atoms with Crippen LogP contribution in [0, 0.1) is 11.3 Å². The molecule has 220 valence electrons. The Labute approximate surface area is 242 Å². The van der Waals surface area contributed by atoms with Gasteiger partial charge in [0, 0.05) is 17.9 Å². The van der Waals surface area contributed by atoms with Gasteiger partial charge in [-0.25, -0.2) is 21.8 Å². The number of hydrogen-bond acceptors (Lipinski definition) is 12. The highest BCUT2D eigenvalue weighted by molar-refractivity contribution is 7.91. The molecule has 2 heterocycles. The molecule has 2 aromatic carbocycles. The summed E-state index contributed by atoms with van der Waals surface area (Å²) in [5.41, 5.74) is 0.527. The van der Waals surface area contributed by atoms with Crippen molar-refractivity contribution in [2.24, 2.45) is 0 Å². The van der Waals surface area contributed by atoms with Crippen LogP contribution < -0.4 is 14.2 Å². The topological polar surface area (TPSA) is 184 Å². The Morgan fingerprint density at radius 2 is 1.62 bits per heavy atom. The lowest BCUT2D eigenvalue weighted by Crippen LogP contribution is -2.20. The number of aliphatic hydroxyl groups is 1. The van der Waals surface area contributed by atoms with Crippen molar-refractivity contribution in [3.05, 3.63) is 71.5 Å². The van der Waals surface area contributed by atoms with Gasteiger partial charge in [0.2, 0.25) is 5.88 Å². The third-order valence-electron chi connectivity index (χ3n) is 6.18. The minimum absolute atomic E-state index is 0.0479. The van der Waals surface area contributed by atoms with Gasteiger partial charge in [-0.15, -0.1) is 10.2 Å². The van der Waals surface area contributed by atoms with E-state index in [2.05, 4.69) is 15.2 Å². The summed E-state index contributed by atoms with van der Waals surface area (Å²) in [6.45, 7) is 0. The van der Waals surface area contributed by atoms with E-state index in [0.29, 0.717) is 22.9 Å². The Bertz CT molecular complexity index is 1860. The molecule has 0 saturated carbocycles. The summed E-state index contributed by atoms with van der Waals surface area (Å²) in [6, 6.07) is 15.4. The molecule has 0 amide bonds. The lowest BCUT2D eigenvalue weighted by molar-refractivity contribution is 0.198. The largest absolute Gasteiger partial charge is 0.494 e. The van der Waals surface area contributed by atoms with E-state index >= 15 is 0 Å². The van der Waals surface area contributed by atoms with Crippen LogP contribution in [-0.2, 0) is 25.4 Å². The van der Waals surface area contributed by atoms with E-state index in [-0.39, 0.29) is 33.6 Å². The highest BCUT2D eigenvalue weighted by Crippen LogP contribution is 2.37. The van der Waals surface area contributed by atoms with Gasteiger partial charge in [-0.3, -0.25) is 4.57 Å². The first-order valence-corrected chi connectivity index (χ1v) is 15.9. The first-order valence-electron chi connectivity index (χ1n) is 12.2. The van der Waals surface area contributed by atoms with Crippen LogP contribution in [0.4, 0.5) is 0 Å². The number of nitrogens with zero attached hydrogens (tertiary/aromatic N) is 5. The highest BCUT2D eigenvalue weighted by atomic mass is 32.2. The summed E-state index contributed by atoms with van der Waals surface area (Å²) in [6.07, 6.45) is -0.810. The number of para-hydroxylation sites is 1. The molecule has 0 aliphatic carbocycles. The second-order valence-corrected chi connectivity index (χ2v) is 13.2. The Morgan fingerprint density at radius 1 is 0.952 bits per heavy atom. The number of rotatable bonds is 11. The van der Waals surface area contributed by atoms with Crippen molar-refractivity contribution in [2.45, 2.75) is 16.8 Å². The third-order valence-corrected chi connectivity index (χ3v) is 8.85. The van der Waals surface area contributed by atoms with Crippen molar-refractivity contribution in [3.63, 3.8) is 0 Å². The monoisotopic (exact) mass is 613 g/mol. The fraction of sp³-hybridized carbons (Fsp3) is 0.259. The molecule has 0 radical (unpaired) electrons. The Hall–Kier alpha value is -4.52. The number of aromatic nitrogens is 4. The predicted octanol–water partition coefficient (Wildman–Crippen LogP) is 2.28. The number of pyridine rings is 1. The first-order chi connectivity index (χ1) is 19.9. The molecule has 0 aliphatic heterocycles. The number of methoxy groups -OCH3 is 3. The molecule has 0 bridgehead atoms. The molecule has 42 heavy (non-hydrogen) atoms. The zero-order valence-electron chi connectivity index (χ0n) is 23.0. The van der Waals surface area contributed by atoms with Crippen molar-refractivity contribution >= 4 is 19.7 Å². The molecule has 0 unspecified atom stereocenters. The highest BCUT2D eigenvalue weighted by Gasteiger charge is 2.29. The van der Waals surface area contributed by atoms with Gasteiger partial charge in [0.1, 0.15) is 28.6 Å². The molecule has 13 nitrogen and oxygen atoms in total. The molecule has 0 aliphatic rings. The number of nitriles is 1. The van der Waals surface area contributed by atoms with Crippen LogP contribution in [0.15, 0.2) is 59.5 Å². The van der Waals surface area contributed by atoms with Crippen LogP contribution >= 0.6 is 0 Å². The Kier molecular flexibility index (Phi) is 8.81. The van der Waals surface area contributed by atoms with Gasteiger partial charge >= 0.3 is 0 Å². The molecule has 0 saturated heterocycles. The average molecular weight is 614 g/mol. The summed E-state index contributed by atoms with van der Waals surface area (Å²) in [7, 11) is -3.73. The second-order valence-electron chi connectivity index (χ2n) is 9.06. The maximum Gasteiger partial charge on any atom is 0.213 e. The van der Waals surface area contributed by atoms with Crippen LogP contribution in [0.25, 0.3) is 17.2 Å². The summed E-state index contributed by atoms with van der Waals surface area (Å²) < 4.78 is 69.4.